The summed E-state index contributed by atoms with van der Waals surface area (Å²) in [6.45, 7) is 1.54. The third-order valence-electron chi connectivity index (χ3n) is 6.12. The topological polar surface area (TPSA) is 90.2 Å². The zero-order valence-corrected chi connectivity index (χ0v) is 17.7. The molecule has 1 heterocycles. The Bertz CT molecular complexity index is 1050. The van der Waals surface area contributed by atoms with Gasteiger partial charge in [-0.25, -0.2) is 4.39 Å². The van der Waals surface area contributed by atoms with Crippen molar-refractivity contribution in [2.24, 2.45) is 0 Å². The second kappa shape index (κ2) is 9.48. The fraction of sp³-hybridized carbons (Fsp3) is 0.308. The van der Waals surface area contributed by atoms with Crippen LogP contribution >= 0.6 is 0 Å². The Morgan fingerprint density at radius 2 is 1.44 bits per heavy atom. The van der Waals surface area contributed by atoms with Crippen molar-refractivity contribution in [1.82, 2.24) is 0 Å². The summed E-state index contributed by atoms with van der Waals surface area (Å²) < 4.78 is 18.9. The second-order valence-corrected chi connectivity index (χ2v) is 8.32. The molecule has 0 bridgehead atoms. The Balaban J connectivity index is 1.55. The molecule has 5 nitrogen and oxygen atoms in total. The van der Waals surface area contributed by atoms with Gasteiger partial charge in [0.2, 0.25) is 0 Å². The SMILES string of the molecule is Cc1ccc(C2OC(CO)C(O)C(O)C2O)cc1Cc1ccc(-c2ccc(F)cc2)cc1. The predicted molar refractivity (Wildman–Crippen MR) is 119 cm³/mol. The summed E-state index contributed by atoms with van der Waals surface area (Å²) in [7, 11) is 0. The summed E-state index contributed by atoms with van der Waals surface area (Å²) in [5, 5.41) is 40.0. The molecule has 5 atom stereocenters. The molecule has 6 heteroatoms. The first-order chi connectivity index (χ1) is 15.4. The van der Waals surface area contributed by atoms with Crippen molar-refractivity contribution in [3.05, 3.63) is 94.8 Å². The van der Waals surface area contributed by atoms with E-state index in [2.05, 4.69) is 0 Å². The first-order valence-electron chi connectivity index (χ1n) is 10.6. The molecule has 3 aromatic carbocycles. The summed E-state index contributed by atoms with van der Waals surface area (Å²) in [6, 6.07) is 20.1. The highest BCUT2D eigenvalue weighted by molar-refractivity contribution is 5.63. The van der Waals surface area contributed by atoms with Gasteiger partial charge in [-0.2, -0.15) is 0 Å². The maximum atomic E-state index is 13.2. The molecule has 0 spiro atoms. The minimum absolute atomic E-state index is 0.264. The zero-order valence-electron chi connectivity index (χ0n) is 17.7. The van der Waals surface area contributed by atoms with Gasteiger partial charge >= 0.3 is 0 Å². The van der Waals surface area contributed by atoms with Gasteiger partial charge in [-0.15, -0.1) is 0 Å². The Hall–Kier alpha value is -2.61. The van der Waals surface area contributed by atoms with Gasteiger partial charge < -0.3 is 25.2 Å². The van der Waals surface area contributed by atoms with Crippen LogP contribution in [0.15, 0.2) is 66.7 Å². The number of hydrogen-bond acceptors (Lipinski definition) is 5. The Morgan fingerprint density at radius 1 is 0.812 bits per heavy atom. The standard InChI is InChI=1S/C26H27FO5/c1-15-2-5-19(26-25(31)24(30)23(29)22(14-28)32-26)13-20(15)12-16-3-6-17(7-4-16)18-8-10-21(27)11-9-18/h2-11,13,22-26,28-31H,12,14H2,1H3. The second-order valence-electron chi connectivity index (χ2n) is 8.32. The number of rotatable bonds is 5. The zero-order chi connectivity index (χ0) is 22.8. The van der Waals surface area contributed by atoms with Crippen molar-refractivity contribution < 1.29 is 29.6 Å². The van der Waals surface area contributed by atoms with Crippen molar-refractivity contribution in [3.63, 3.8) is 0 Å². The number of hydrogen-bond donors (Lipinski definition) is 4. The van der Waals surface area contributed by atoms with Gasteiger partial charge in [0, 0.05) is 0 Å². The first kappa shape index (κ1) is 22.6. The highest BCUT2D eigenvalue weighted by Crippen LogP contribution is 2.33. The van der Waals surface area contributed by atoms with Crippen LogP contribution in [0.3, 0.4) is 0 Å². The maximum Gasteiger partial charge on any atom is 0.123 e. The lowest BCUT2D eigenvalue weighted by Crippen LogP contribution is -2.55. The van der Waals surface area contributed by atoms with Gasteiger partial charge in [0.1, 0.15) is 36.3 Å². The predicted octanol–water partition coefficient (Wildman–Crippen LogP) is 2.91. The van der Waals surface area contributed by atoms with E-state index in [0.29, 0.717) is 12.0 Å². The van der Waals surface area contributed by atoms with Crippen molar-refractivity contribution in [3.8, 4) is 11.1 Å². The molecule has 1 saturated heterocycles. The third kappa shape index (κ3) is 4.60. The van der Waals surface area contributed by atoms with Crippen LogP contribution in [0.5, 0.6) is 0 Å². The van der Waals surface area contributed by atoms with Crippen LogP contribution in [0.1, 0.15) is 28.4 Å². The van der Waals surface area contributed by atoms with Gasteiger partial charge in [-0.1, -0.05) is 54.6 Å². The smallest absolute Gasteiger partial charge is 0.123 e. The summed E-state index contributed by atoms with van der Waals surface area (Å²) in [6.07, 6.45) is -5.24. The molecule has 168 valence electrons. The number of halogens is 1. The average molecular weight is 438 g/mol. The lowest BCUT2D eigenvalue weighted by atomic mass is 9.89. The van der Waals surface area contributed by atoms with Crippen LogP contribution < -0.4 is 0 Å². The maximum absolute atomic E-state index is 13.2. The number of aryl methyl sites for hydroxylation is 1. The quantitative estimate of drug-likeness (QED) is 0.492. The summed E-state index contributed by atoms with van der Waals surface area (Å²) in [4.78, 5) is 0. The van der Waals surface area contributed by atoms with Crippen LogP contribution in [-0.4, -0.2) is 51.4 Å². The highest BCUT2D eigenvalue weighted by Gasteiger charge is 2.43. The number of aliphatic hydroxyl groups is 4. The van der Waals surface area contributed by atoms with E-state index in [4.69, 9.17) is 4.74 Å². The first-order valence-corrected chi connectivity index (χ1v) is 10.6. The summed E-state index contributed by atoms with van der Waals surface area (Å²) in [5.41, 5.74) is 5.81. The van der Waals surface area contributed by atoms with Gasteiger partial charge in [0.25, 0.3) is 0 Å². The molecule has 5 unspecified atom stereocenters. The molecule has 1 aliphatic heterocycles. The van der Waals surface area contributed by atoms with Crippen LogP contribution in [0.4, 0.5) is 4.39 Å². The molecule has 4 rings (SSSR count). The Kier molecular flexibility index (Phi) is 6.69. The summed E-state index contributed by atoms with van der Waals surface area (Å²) >= 11 is 0. The minimum Gasteiger partial charge on any atom is -0.394 e. The fourth-order valence-corrected chi connectivity index (χ4v) is 4.11. The molecule has 0 aromatic heterocycles. The van der Waals surface area contributed by atoms with Crippen LogP contribution in [-0.2, 0) is 11.2 Å². The van der Waals surface area contributed by atoms with E-state index in [1.54, 1.807) is 12.1 Å². The number of aliphatic hydroxyl groups excluding tert-OH is 4. The fourth-order valence-electron chi connectivity index (χ4n) is 4.11. The summed E-state index contributed by atoms with van der Waals surface area (Å²) in [5.74, 6) is -0.264. The highest BCUT2D eigenvalue weighted by atomic mass is 19.1. The van der Waals surface area contributed by atoms with E-state index >= 15 is 0 Å². The van der Waals surface area contributed by atoms with E-state index in [0.717, 1.165) is 27.8 Å². The molecular formula is C26H27FO5. The minimum atomic E-state index is -1.41. The average Bonchev–Trinajstić information content (AvgIpc) is 2.80. The van der Waals surface area contributed by atoms with Crippen molar-refractivity contribution in [2.75, 3.05) is 6.61 Å². The van der Waals surface area contributed by atoms with E-state index in [-0.39, 0.29) is 5.82 Å². The van der Waals surface area contributed by atoms with Crippen molar-refractivity contribution >= 4 is 0 Å². The molecule has 32 heavy (non-hydrogen) atoms. The normalized spacial score (nSPS) is 25.6. The van der Waals surface area contributed by atoms with Crippen LogP contribution in [0.25, 0.3) is 11.1 Å². The van der Waals surface area contributed by atoms with E-state index in [1.165, 1.54) is 12.1 Å². The van der Waals surface area contributed by atoms with Crippen LogP contribution in [0.2, 0.25) is 0 Å². The Morgan fingerprint density at radius 3 is 2.06 bits per heavy atom. The number of ether oxygens (including phenoxy) is 1. The van der Waals surface area contributed by atoms with Gasteiger partial charge in [-0.3, -0.25) is 0 Å². The number of benzene rings is 3. The molecule has 0 saturated carbocycles. The van der Waals surface area contributed by atoms with E-state index in [1.807, 2.05) is 49.4 Å². The third-order valence-corrected chi connectivity index (χ3v) is 6.12. The molecule has 0 radical (unpaired) electrons. The largest absolute Gasteiger partial charge is 0.394 e. The molecule has 1 aliphatic rings. The van der Waals surface area contributed by atoms with E-state index in [9.17, 15) is 24.8 Å². The van der Waals surface area contributed by atoms with Gasteiger partial charge in [0.05, 0.1) is 6.61 Å². The van der Waals surface area contributed by atoms with Gasteiger partial charge in [0.15, 0.2) is 0 Å². The molecule has 3 aromatic rings. The lowest BCUT2D eigenvalue weighted by molar-refractivity contribution is -0.231. The van der Waals surface area contributed by atoms with Crippen molar-refractivity contribution in [1.29, 1.82) is 0 Å². The van der Waals surface area contributed by atoms with Gasteiger partial charge in [-0.05, 0) is 58.9 Å². The van der Waals surface area contributed by atoms with E-state index < -0.39 is 37.1 Å². The molecule has 0 amide bonds. The lowest BCUT2D eigenvalue weighted by Gasteiger charge is -2.40. The molecule has 0 aliphatic carbocycles. The molecular weight excluding hydrogens is 411 g/mol. The van der Waals surface area contributed by atoms with Crippen molar-refractivity contribution in [2.45, 2.75) is 43.9 Å². The molecule has 1 fully saturated rings. The van der Waals surface area contributed by atoms with Crippen LogP contribution in [0, 0.1) is 12.7 Å². The monoisotopic (exact) mass is 438 g/mol. The molecule has 4 N–H and O–H groups in total. The Labute approximate surface area is 186 Å².